The summed E-state index contributed by atoms with van der Waals surface area (Å²) >= 11 is 0. The Morgan fingerprint density at radius 3 is 2.38 bits per heavy atom. The van der Waals surface area contributed by atoms with Crippen LogP contribution in [0.5, 0.6) is 5.75 Å². The number of nitrogens with zero attached hydrogens (tertiary/aromatic N) is 1. The second kappa shape index (κ2) is 5.44. The van der Waals surface area contributed by atoms with Crippen LogP contribution in [0.1, 0.15) is 11.1 Å². The van der Waals surface area contributed by atoms with Crippen molar-refractivity contribution in [2.75, 3.05) is 7.11 Å². The molecule has 6 heteroatoms. The zero-order valence-electron chi connectivity index (χ0n) is 10.8. The Hall–Kier alpha value is -2.55. The third-order valence-corrected chi connectivity index (χ3v) is 2.94. The highest BCUT2D eigenvalue weighted by molar-refractivity contribution is 5.73. The van der Waals surface area contributed by atoms with Crippen molar-refractivity contribution >= 4 is 0 Å². The minimum absolute atomic E-state index is 0.0462. The van der Waals surface area contributed by atoms with Crippen LogP contribution in [-0.4, -0.2) is 7.11 Å². The molecule has 2 aromatic carbocycles. The smallest absolute Gasteiger partial charge is 0.416 e. The van der Waals surface area contributed by atoms with Crippen LogP contribution in [0.3, 0.4) is 0 Å². The highest BCUT2D eigenvalue weighted by Gasteiger charge is 2.31. The molecule has 21 heavy (non-hydrogen) atoms. The number of methoxy groups -OCH3 is 1. The summed E-state index contributed by atoms with van der Waals surface area (Å²) in [4.78, 5) is 0. The zero-order chi connectivity index (χ0) is 15.6. The first-order valence-electron chi connectivity index (χ1n) is 5.82. The van der Waals surface area contributed by atoms with Crippen LogP contribution in [0, 0.1) is 17.1 Å². The van der Waals surface area contributed by atoms with Crippen molar-refractivity contribution in [3.63, 3.8) is 0 Å². The molecule has 0 saturated heterocycles. The van der Waals surface area contributed by atoms with E-state index in [2.05, 4.69) is 0 Å². The molecule has 0 aliphatic carbocycles. The number of ether oxygens (including phenoxy) is 1. The Morgan fingerprint density at radius 2 is 1.81 bits per heavy atom. The molecule has 0 bridgehead atoms. The quantitative estimate of drug-likeness (QED) is 0.770. The Morgan fingerprint density at radius 1 is 1.10 bits per heavy atom. The summed E-state index contributed by atoms with van der Waals surface area (Å²) in [5.74, 6) is -0.912. The van der Waals surface area contributed by atoms with Crippen molar-refractivity contribution in [2.24, 2.45) is 0 Å². The SMILES string of the molecule is COc1cccc(-c2cc(C(F)(F)F)ccc2C#N)c1F. The maximum atomic E-state index is 14.2. The van der Waals surface area contributed by atoms with E-state index < -0.39 is 17.6 Å². The molecule has 0 N–H and O–H groups in total. The molecule has 0 atom stereocenters. The predicted molar refractivity (Wildman–Crippen MR) is 68.1 cm³/mol. The molecule has 2 aromatic rings. The molecule has 0 aliphatic rings. The number of nitriles is 1. The second-order valence-corrected chi connectivity index (χ2v) is 4.19. The number of benzene rings is 2. The molecular weight excluding hydrogens is 286 g/mol. The van der Waals surface area contributed by atoms with E-state index in [0.29, 0.717) is 0 Å². The van der Waals surface area contributed by atoms with Gasteiger partial charge in [-0.05, 0) is 24.3 Å². The molecule has 0 amide bonds. The fourth-order valence-electron chi connectivity index (χ4n) is 1.92. The molecule has 0 fully saturated rings. The van der Waals surface area contributed by atoms with Crippen molar-refractivity contribution < 1.29 is 22.3 Å². The molecular formula is C15H9F4NO. The van der Waals surface area contributed by atoms with Gasteiger partial charge in [0.25, 0.3) is 0 Å². The van der Waals surface area contributed by atoms with Crippen LogP contribution in [0.2, 0.25) is 0 Å². The van der Waals surface area contributed by atoms with Gasteiger partial charge in [0.05, 0.1) is 24.3 Å². The van der Waals surface area contributed by atoms with Crippen molar-refractivity contribution in [1.82, 2.24) is 0 Å². The van der Waals surface area contributed by atoms with E-state index in [-0.39, 0.29) is 22.4 Å². The normalized spacial score (nSPS) is 11.0. The summed E-state index contributed by atoms with van der Waals surface area (Å²) in [5.41, 5.74) is -1.23. The predicted octanol–water partition coefficient (Wildman–Crippen LogP) is 4.39. The van der Waals surface area contributed by atoms with Crippen LogP contribution < -0.4 is 4.74 Å². The standard InChI is InChI=1S/C15H9F4NO/c1-21-13-4-2-3-11(14(13)16)12-7-10(15(17,18)19)6-5-9(12)8-20/h2-7H,1H3. The van der Waals surface area contributed by atoms with Crippen molar-refractivity contribution in [2.45, 2.75) is 6.18 Å². The molecule has 0 heterocycles. The van der Waals surface area contributed by atoms with Crippen LogP contribution in [-0.2, 0) is 6.18 Å². The number of hydrogen-bond donors (Lipinski definition) is 0. The lowest BCUT2D eigenvalue weighted by molar-refractivity contribution is -0.137. The highest BCUT2D eigenvalue weighted by atomic mass is 19.4. The molecule has 0 radical (unpaired) electrons. The van der Waals surface area contributed by atoms with Gasteiger partial charge in [-0.15, -0.1) is 0 Å². The summed E-state index contributed by atoms with van der Waals surface area (Å²) < 4.78 is 57.3. The van der Waals surface area contributed by atoms with Crippen LogP contribution in [0.4, 0.5) is 17.6 Å². The van der Waals surface area contributed by atoms with Crippen molar-refractivity contribution in [3.8, 4) is 22.9 Å². The summed E-state index contributed by atoms with van der Waals surface area (Å²) in [5, 5.41) is 9.01. The van der Waals surface area contributed by atoms with Gasteiger partial charge < -0.3 is 4.74 Å². The average Bonchev–Trinajstić information content (AvgIpc) is 2.46. The Kier molecular flexibility index (Phi) is 3.85. The third-order valence-electron chi connectivity index (χ3n) is 2.94. The van der Waals surface area contributed by atoms with Crippen molar-refractivity contribution in [1.29, 1.82) is 5.26 Å². The minimum atomic E-state index is -4.57. The lowest BCUT2D eigenvalue weighted by atomic mass is 9.97. The molecule has 2 nitrogen and oxygen atoms in total. The van der Waals surface area contributed by atoms with Crippen LogP contribution in [0.15, 0.2) is 36.4 Å². The maximum Gasteiger partial charge on any atom is 0.416 e. The number of hydrogen-bond acceptors (Lipinski definition) is 2. The Labute approximate surface area is 118 Å². The lowest BCUT2D eigenvalue weighted by Gasteiger charge is -2.12. The Balaban J connectivity index is 2.71. The van der Waals surface area contributed by atoms with Gasteiger partial charge in [0.15, 0.2) is 11.6 Å². The van der Waals surface area contributed by atoms with E-state index in [4.69, 9.17) is 10.00 Å². The van der Waals surface area contributed by atoms with Gasteiger partial charge >= 0.3 is 6.18 Å². The second-order valence-electron chi connectivity index (χ2n) is 4.19. The summed E-state index contributed by atoms with van der Waals surface area (Å²) in [6.45, 7) is 0. The third kappa shape index (κ3) is 2.82. The average molecular weight is 295 g/mol. The largest absolute Gasteiger partial charge is 0.494 e. The first kappa shape index (κ1) is 14.9. The van der Waals surface area contributed by atoms with E-state index in [1.807, 2.05) is 0 Å². The number of rotatable bonds is 2. The van der Waals surface area contributed by atoms with E-state index in [9.17, 15) is 17.6 Å². The molecule has 0 saturated carbocycles. The van der Waals surface area contributed by atoms with Gasteiger partial charge in [-0.1, -0.05) is 12.1 Å². The molecule has 0 aromatic heterocycles. The maximum absolute atomic E-state index is 14.2. The molecule has 0 spiro atoms. The van der Waals surface area contributed by atoms with Crippen LogP contribution >= 0.6 is 0 Å². The summed E-state index contributed by atoms with van der Waals surface area (Å²) in [7, 11) is 1.25. The van der Waals surface area contributed by atoms with Gasteiger partial charge in [-0.3, -0.25) is 0 Å². The van der Waals surface area contributed by atoms with E-state index in [1.54, 1.807) is 6.07 Å². The fourth-order valence-corrected chi connectivity index (χ4v) is 1.92. The van der Waals surface area contributed by atoms with Gasteiger partial charge in [0, 0.05) is 11.1 Å². The Bertz CT molecular complexity index is 717. The van der Waals surface area contributed by atoms with E-state index in [1.165, 1.54) is 25.3 Å². The summed E-state index contributed by atoms with van der Waals surface area (Å²) in [6.07, 6.45) is -4.57. The fraction of sp³-hybridized carbons (Fsp3) is 0.133. The number of halogens is 4. The molecule has 0 unspecified atom stereocenters. The molecule has 2 rings (SSSR count). The zero-order valence-corrected chi connectivity index (χ0v) is 10.8. The topological polar surface area (TPSA) is 33.0 Å². The van der Waals surface area contributed by atoms with E-state index in [0.717, 1.165) is 18.2 Å². The highest BCUT2D eigenvalue weighted by Crippen LogP contribution is 2.36. The van der Waals surface area contributed by atoms with Gasteiger partial charge in [-0.2, -0.15) is 18.4 Å². The van der Waals surface area contributed by atoms with E-state index >= 15 is 0 Å². The molecule has 0 aliphatic heterocycles. The van der Waals surface area contributed by atoms with Crippen molar-refractivity contribution in [3.05, 3.63) is 53.3 Å². The summed E-state index contributed by atoms with van der Waals surface area (Å²) in [6, 6.07) is 8.43. The van der Waals surface area contributed by atoms with Crippen LogP contribution in [0.25, 0.3) is 11.1 Å². The number of alkyl halides is 3. The van der Waals surface area contributed by atoms with Gasteiger partial charge in [-0.25, -0.2) is 4.39 Å². The molecule has 108 valence electrons. The van der Waals surface area contributed by atoms with Gasteiger partial charge in [0.2, 0.25) is 0 Å². The van der Waals surface area contributed by atoms with Gasteiger partial charge in [0.1, 0.15) is 0 Å². The first-order valence-corrected chi connectivity index (χ1v) is 5.82. The monoisotopic (exact) mass is 295 g/mol. The minimum Gasteiger partial charge on any atom is -0.494 e. The lowest BCUT2D eigenvalue weighted by Crippen LogP contribution is -2.05. The first-order chi connectivity index (χ1) is 9.88.